The zero-order valence-corrected chi connectivity index (χ0v) is 19.7. The van der Waals surface area contributed by atoms with E-state index in [9.17, 15) is 5.11 Å². The molecule has 7 heteroatoms. The van der Waals surface area contributed by atoms with Crippen LogP contribution in [-0.4, -0.2) is 30.7 Å². The number of rotatable bonds is 5. The monoisotopic (exact) mass is 435 g/mol. The molecule has 0 amide bonds. The zero-order chi connectivity index (χ0) is 23.7. The van der Waals surface area contributed by atoms with Gasteiger partial charge in [-0.25, -0.2) is 9.97 Å². The van der Waals surface area contributed by atoms with Crippen LogP contribution in [0.3, 0.4) is 0 Å². The van der Waals surface area contributed by atoms with Gasteiger partial charge in [0.05, 0.1) is 18.3 Å². The molecule has 0 radical (unpaired) electrons. The van der Waals surface area contributed by atoms with Gasteiger partial charge in [-0.1, -0.05) is 39.8 Å². The molecule has 7 nitrogen and oxygen atoms in total. The van der Waals surface area contributed by atoms with E-state index in [1.165, 1.54) is 0 Å². The number of imidazole rings is 1. The standard InChI is InChI=1S/C21H21N5O2.2C2H6/c1-13(2)28-18-10-9-17-21(25-18)26(15-7-5-14(12-27)6-8-15)20(24-17)16-4-3-11-23-19(16)22;2*1-2/h3-11,13,27H,12H2,1-2H3,(H2,22,23);2*1-2H3. The molecule has 0 saturated carbocycles. The lowest BCUT2D eigenvalue weighted by Gasteiger charge is -2.12. The highest BCUT2D eigenvalue weighted by atomic mass is 16.5. The number of nitrogen functional groups attached to an aromatic ring is 1. The van der Waals surface area contributed by atoms with E-state index in [2.05, 4.69) is 9.97 Å². The minimum Gasteiger partial charge on any atom is -0.475 e. The summed E-state index contributed by atoms with van der Waals surface area (Å²) in [6.45, 7) is 11.9. The first-order valence-electron chi connectivity index (χ1n) is 11.0. The maximum absolute atomic E-state index is 9.35. The lowest BCUT2D eigenvalue weighted by molar-refractivity contribution is 0.233. The van der Waals surface area contributed by atoms with Gasteiger partial charge in [0.25, 0.3) is 0 Å². The van der Waals surface area contributed by atoms with Gasteiger partial charge in [-0.05, 0) is 49.7 Å². The topological polar surface area (TPSA) is 99.1 Å². The van der Waals surface area contributed by atoms with Gasteiger partial charge in [-0.2, -0.15) is 4.98 Å². The summed E-state index contributed by atoms with van der Waals surface area (Å²) in [4.78, 5) is 13.6. The predicted octanol–water partition coefficient (Wildman–Crippen LogP) is 5.40. The Morgan fingerprint density at radius 2 is 1.66 bits per heavy atom. The number of pyridine rings is 2. The quantitative estimate of drug-likeness (QED) is 0.436. The van der Waals surface area contributed by atoms with E-state index in [4.69, 9.17) is 15.5 Å². The number of aromatic nitrogens is 4. The molecule has 0 saturated heterocycles. The number of hydrogen-bond acceptors (Lipinski definition) is 6. The number of nitrogens with zero attached hydrogens (tertiary/aromatic N) is 4. The van der Waals surface area contributed by atoms with E-state index in [1.807, 2.05) is 94.6 Å². The Balaban J connectivity index is 0.000000860. The van der Waals surface area contributed by atoms with Gasteiger partial charge < -0.3 is 15.6 Å². The minimum atomic E-state index is -0.0159. The Morgan fingerprint density at radius 1 is 0.969 bits per heavy atom. The Morgan fingerprint density at radius 3 is 2.25 bits per heavy atom. The summed E-state index contributed by atoms with van der Waals surface area (Å²) >= 11 is 0. The van der Waals surface area contributed by atoms with E-state index < -0.39 is 0 Å². The van der Waals surface area contributed by atoms with E-state index in [-0.39, 0.29) is 12.7 Å². The second kappa shape index (κ2) is 11.8. The fraction of sp³-hybridized carbons (Fsp3) is 0.320. The Bertz CT molecular complexity index is 1120. The molecule has 4 rings (SSSR count). The van der Waals surface area contributed by atoms with Crippen molar-refractivity contribution in [1.82, 2.24) is 19.5 Å². The molecule has 0 atom stereocenters. The van der Waals surface area contributed by atoms with Crippen LogP contribution in [-0.2, 0) is 6.61 Å². The molecular formula is C25H33N5O2. The van der Waals surface area contributed by atoms with Crippen molar-refractivity contribution in [3.05, 3.63) is 60.3 Å². The van der Waals surface area contributed by atoms with Crippen molar-refractivity contribution in [2.24, 2.45) is 0 Å². The third-order valence-electron chi connectivity index (χ3n) is 4.29. The number of fused-ring (bicyclic) bond motifs is 1. The largest absolute Gasteiger partial charge is 0.475 e. The number of benzene rings is 1. The summed E-state index contributed by atoms with van der Waals surface area (Å²) in [6.07, 6.45) is 1.66. The Hall–Kier alpha value is -3.45. The fourth-order valence-electron chi connectivity index (χ4n) is 3.03. The number of anilines is 1. The van der Waals surface area contributed by atoms with Crippen molar-refractivity contribution >= 4 is 17.0 Å². The highest BCUT2D eigenvalue weighted by Crippen LogP contribution is 2.31. The number of nitrogens with two attached hydrogens (primary N) is 1. The van der Waals surface area contributed by atoms with Gasteiger partial charge in [0, 0.05) is 18.0 Å². The van der Waals surface area contributed by atoms with Crippen molar-refractivity contribution in [2.75, 3.05) is 5.73 Å². The molecule has 4 aromatic rings. The molecule has 3 heterocycles. The summed E-state index contributed by atoms with van der Waals surface area (Å²) in [5.41, 5.74) is 9.90. The Kier molecular flexibility index (Phi) is 9.16. The van der Waals surface area contributed by atoms with Crippen molar-refractivity contribution in [3.63, 3.8) is 0 Å². The molecule has 1 aromatic carbocycles. The zero-order valence-electron chi connectivity index (χ0n) is 19.7. The molecule has 0 bridgehead atoms. The van der Waals surface area contributed by atoms with Crippen molar-refractivity contribution < 1.29 is 9.84 Å². The molecule has 0 spiro atoms. The maximum Gasteiger partial charge on any atom is 0.215 e. The number of aliphatic hydroxyl groups excluding tert-OH is 1. The van der Waals surface area contributed by atoms with Crippen LogP contribution in [0.25, 0.3) is 28.2 Å². The van der Waals surface area contributed by atoms with Crippen LogP contribution >= 0.6 is 0 Å². The molecular weight excluding hydrogens is 402 g/mol. The fourth-order valence-corrected chi connectivity index (χ4v) is 3.03. The molecule has 170 valence electrons. The first-order valence-corrected chi connectivity index (χ1v) is 11.0. The van der Waals surface area contributed by atoms with Crippen LogP contribution in [0.15, 0.2) is 54.7 Å². The molecule has 3 aromatic heterocycles. The van der Waals surface area contributed by atoms with E-state index in [1.54, 1.807) is 6.20 Å². The van der Waals surface area contributed by atoms with E-state index in [0.29, 0.717) is 23.2 Å². The maximum atomic E-state index is 9.35. The average Bonchev–Trinajstić information content (AvgIpc) is 3.20. The lowest BCUT2D eigenvalue weighted by atomic mass is 10.2. The summed E-state index contributed by atoms with van der Waals surface area (Å²) in [5, 5.41) is 9.35. The number of aliphatic hydroxyl groups is 1. The second-order valence-electron chi connectivity index (χ2n) is 6.69. The minimum absolute atomic E-state index is 0.0126. The smallest absolute Gasteiger partial charge is 0.215 e. The SMILES string of the molecule is CC.CC.CC(C)Oc1ccc2nc(-c3cccnc3N)n(-c3ccc(CO)cc3)c2n1. The first-order chi connectivity index (χ1) is 15.6. The second-order valence-corrected chi connectivity index (χ2v) is 6.69. The van der Waals surface area contributed by atoms with Gasteiger partial charge in [0.1, 0.15) is 11.3 Å². The molecule has 0 unspecified atom stereocenters. The van der Waals surface area contributed by atoms with Gasteiger partial charge in [0.15, 0.2) is 11.5 Å². The van der Waals surface area contributed by atoms with Crippen molar-refractivity contribution in [3.8, 4) is 23.0 Å². The van der Waals surface area contributed by atoms with E-state index >= 15 is 0 Å². The third-order valence-corrected chi connectivity index (χ3v) is 4.29. The number of ether oxygens (including phenoxy) is 1. The average molecular weight is 436 g/mol. The molecule has 3 N–H and O–H groups in total. The van der Waals surface area contributed by atoms with Crippen LogP contribution in [0.1, 0.15) is 47.1 Å². The van der Waals surface area contributed by atoms with Crippen LogP contribution in [0.4, 0.5) is 5.82 Å². The highest BCUT2D eigenvalue weighted by molar-refractivity contribution is 5.83. The molecule has 0 aliphatic rings. The molecule has 0 aliphatic heterocycles. The molecule has 0 aliphatic carbocycles. The summed E-state index contributed by atoms with van der Waals surface area (Å²) in [6, 6.07) is 15.0. The van der Waals surface area contributed by atoms with Gasteiger partial charge in [-0.3, -0.25) is 4.57 Å². The van der Waals surface area contributed by atoms with Crippen molar-refractivity contribution in [1.29, 1.82) is 0 Å². The van der Waals surface area contributed by atoms with E-state index in [0.717, 1.165) is 22.3 Å². The van der Waals surface area contributed by atoms with Gasteiger partial charge in [0.2, 0.25) is 5.88 Å². The van der Waals surface area contributed by atoms with Crippen molar-refractivity contribution in [2.45, 2.75) is 54.3 Å². The highest BCUT2D eigenvalue weighted by Gasteiger charge is 2.18. The summed E-state index contributed by atoms with van der Waals surface area (Å²) in [7, 11) is 0. The summed E-state index contributed by atoms with van der Waals surface area (Å²) < 4.78 is 7.69. The molecule has 0 fully saturated rings. The lowest BCUT2D eigenvalue weighted by Crippen LogP contribution is -2.07. The molecule has 32 heavy (non-hydrogen) atoms. The number of hydrogen-bond donors (Lipinski definition) is 2. The van der Waals surface area contributed by atoms with Crippen LogP contribution in [0.2, 0.25) is 0 Å². The third kappa shape index (κ3) is 5.42. The Labute approximate surface area is 189 Å². The van der Waals surface area contributed by atoms with Crippen LogP contribution < -0.4 is 10.5 Å². The van der Waals surface area contributed by atoms with Crippen LogP contribution in [0.5, 0.6) is 5.88 Å². The normalized spacial score (nSPS) is 10.2. The predicted molar refractivity (Wildman–Crippen MR) is 131 cm³/mol. The summed E-state index contributed by atoms with van der Waals surface area (Å²) in [5.74, 6) is 1.57. The first kappa shape index (κ1) is 24.8. The van der Waals surface area contributed by atoms with Gasteiger partial charge in [-0.15, -0.1) is 0 Å². The van der Waals surface area contributed by atoms with Crippen LogP contribution in [0, 0.1) is 0 Å². The van der Waals surface area contributed by atoms with Gasteiger partial charge >= 0.3 is 0 Å².